The highest BCUT2D eigenvalue weighted by Crippen LogP contribution is 2.42. The molecule has 0 bridgehead atoms. The first-order chi connectivity index (χ1) is 18.9. The largest absolute Gasteiger partial charge is 0.490 e. The van der Waals surface area contributed by atoms with Gasteiger partial charge in [-0.1, -0.05) is 6.07 Å². The summed E-state index contributed by atoms with van der Waals surface area (Å²) in [6.45, 7) is 9.49. The summed E-state index contributed by atoms with van der Waals surface area (Å²) in [5.41, 5.74) is 1.86. The zero-order chi connectivity index (χ0) is 29.2. The first-order valence-corrected chi connectivity index (χ1v) is 13.8. The second-order valence-corrected chi connectivity index (χ2v) is 11.2. The van der Waals surface area contributed by atoms with Gasteiger partial charge in [0.25, 0.3) is 5.56 Å². The molecule has 1 amide bonds. The van der Waals surface area contributed by atoms with E-state index < -0.39 is 5.60 Å². The highest BCUT2D eigenvalue weighted by Gasteiger charge is 2.28. The number of aryl methyl sites for hydroxylation is 3. The van der Waals surface area contributed by atoms with Crippen molar-refractivity contribution in [3.63, 3.8) is 0 Å². The van der Waals surface area contributed by atoms with Gasteiger partial charge in [0.05, 0.1) is 11.7 Å². The van der Waals surface area contributed by atoms with E-state index in [9.17, 15) is 19.1 Å². The van der Waals surface area contributed by atoms with E-state index in [-0.39, 0.29) is 29.3 Å². The van der Waals surface area contributed by atoms with Crippen LogP contribution in [0.4, 0.5) is 4.39 Å². The minimum Gasteiger partial charge on any atom is -0.490 e. The van der Waals surface area contributed by atoms with Crippen molar-refractivity contribution in [2.45, 2.75) is 72.0 Å². The Morgan fingerprint density at radius 2 is 1.70 bits per heavy atom. The summed E-state index contributed by atoms with van der Waals surface area (Å²) in [6.07, 6.45) is 4.36. The lowest BCUT2D eigenvalue weighted by molar-refractivity contribution is -0.126. The smallest absolute Gasteiger partial charge is 0.254 e. The number of nitrogens with zero attached hydrogens (tertiary/aromatic N) is 1. The van der Waals surface area contributed by atoms with Gasteiger partial charge in [0, 0.05) is 42.9 Å². The highest BCUT2D eigenvalue weighted by atomic mass is 19.1. The molecule has 7 nitrogen and oxygen atoms in total. The van der Waals surface area contributed by atoms with Gasteiger partial charge in [0.2, 0.25) is 5.91 Å². The predicted molar refractivity (Wildman–Crippen MR) is 153 cm³/mol. The second kappa shape index (κ2) is 11.8. The lowest BCUT2D eigenvalue weighted by Gasteiger charge is -2.29. The van der Waals surface area contributed by atoms with Crippen LogP contribution >= 0.6 is 0 Å². The molecular weight excluding hydrogens is 511 g/mol. The molecule has 0 spiro atoms. The van der Waals surface area contributed by atoms with Crippen molar-refractivity contribution in [3.8, 4) is 28.4 Å². The number of ether oxygens (including phenoxy) is 2. The third-order valence-electron chi connectivity index (χ3n) is 7.49. The Bertz CT molecular complexity index is 1430. The van der Waals surface area contributed by atoms with Crippen LogP contribution in [0.2, 0.25) is 0 Å². The van der Waals surface area contributed by atoms with Crippen molar-refractivity contribution in [2.24, 2.45) is 13.0 Å². The van der Waals surface area contributed by atoms with E-state index in [2.05, 4.69) is 5.32 Å². The standard InChI is InChI=1S/C32H39FN2O5/c1-7-34-31(37)21-8-11-24(12-9-21)39-28-17-29(36)35(6)18-26(28)25-16-22(32(4,5)38)10-13-27(25)40-30-19(2)14-23(33)15-20(30)3/h10,13-18,21,24,38H,7-9,11-12H2,1-6H3,(H,34,37)/t21-,24-. The Morgan fingerprint density at radius 1 is 1.05 bits per heavy atom. The van der Waals surface area contributed by atoms with E-state index in [0.717, 1.165) is 0 Å². The van der Waals surface area contributed by atoms with E-state index in [1.54, 1.807) is 53.1 Å². The molecule has 0 radical (unpaired) electrons. The van der Waals surface area contributed by atoms with E-state index in [4.69, 9.17) is 9.47 Å². The van der Waals surface area contributed by atoms with E-state index >= 15 is 0 Å². The molecule has 3 aromatic rings. The van der Waals surface area contributed by atoms with Crippen LogP contribution < -0.4 is 20.3 Å². The fourth-order valence-electron chi connectivity index (χ4n) is 5.23. The summed E-state index contributed by atoms with van der Waals surface area (Å²) in [5.74, 6) is 1.13. The average molecular weight is 551 g/mol. The SMILES string of the molecule is CCNC(=O)[C@H]1CC[C@H](Oc2cc(=O)n(C)cc2-c2cc(C(C)(C)O)ccc2Oc2c(C)cc(F)cc2C)CC1. The number of aliphatic hydroxyl groups is 1. The molecule has 1 saturated carbocycles. The van der Waals surface area contributed by atoms with Crippen molar-refractivity contribution < 1.29 is 23.8 Å². The minimum absolute atomic E-state index is 0.0337. The number of pyridine rings is 1. The number of carbonyl (C=O) groups is 1. The maximum Gasteiger partial charge on any atom is 0.254 e. The first-order valence-electron chi connectivity index (χ1n) is 13.8. The van der Waals surface area contributed by atoms with Gasteiger partial charge >= 0.3 is 0 Å². The predicted octanol–water partition coefficient (Wildman–Crippen LogP) is 5.90. The fourth-order valence-corrected chi connectivity index (χ4v) is 5.23. The van der Waals surface area contributed by atoms with Crippen LogP contribution in [0.1, 0.15) is 63.1 Å². The summed E-state index contributed by atoms with van der Waals surface area (Å²) in [4.78, 5) is 25.0. The molecule has 0 saturated heterocycles. The molecule has 0 unspecified atom stereocenters. The molecule has 0 atom stereocenters. The van der Waals surface area contributed by atoms with Crippen LogP contribution in [-0.2, 0) is 17.4 Å². The first kappa shape index (κ1) is 29.3. The Labute approximate surface area is 235 Å². The summed E-state index contributed by atoms with van der Waals surface area (Å²) in [5, 5.41) is 13.7. The minimum atomic E-state index is -1.13. The van der Waals surface area contributed by atoms with Gasteiger partial charge in [-0.2, -0.15) is 0 Å². The Balaban J connectivity index is 1.75. The Hall–Kier alpha value is -3.65. The van der Waals surface area contributed by atoms with Crippen molar-refractivity contribution in [3.05, 3.63) is 75.5 Å². The maximum atomic E-state index is 14.0. The highest BCUT2D eigenvalue weighted by molar-refractivity contribution is 5.79. The fraction of sp³-hybridized carbons (Fsp3) is 0.438. The topological polar surface area (TPSA) is 89.8 Å². The number of aromatic nitrogens is 1. The number of carbonyl (C=O) groups excluding carboxylic acids is 1. The number of halogens is 1. The number of rotatable bonds is 8. The lowest BCUT2D eigenvalue weighted by Crippen LogP contribution is -2.35. The molecule has 1 heterocycles. The van der Waals surface area contributed by atoms with E-state index in [1.165, 1.54) is 22.8 Å². The Morgan fingerprint density at radius 3 is 2.30 bits per heavy atom. The van der Waals surface area contributed by atoms with Gasteiger partial charge in [-0.05, 0) is 101 Å². The molecule has 0 aliphatic heterocycles. The molecular formula is C32H39FN2O5. The second-order valence-electron chi connectivity index (χ2n) is 11.2. The number of hydrogen-bond acceptors (Lipinski definition) is 5. The third kappa shape index (κ3) is 6.55. The molecule has 1 aromatic heterocycles. The van der Waals surface area contributed by atoms with Crippen LogP contribution in [0.25, 0.3) is 11.1 Å². The maximum absolute atomic E-state index is 14.0. The molecule has 1 aliphatic carbocycles. The van der Waals surface area contributed by atoms with Gasteiger partial charge in [0.15, 0.2) is 0 Å². The van der Waals surface area contributed by atoms with Gasteiger partial charge in [0.1, 0.15) is 23.1 Å². The average Bonchev–Trinajstić information content (AvgIpc) is 2.88. The lowest BCUT2D eigenvalue weighted by atomic mass is 9.86. The number of amides is 1. The summed E-state index contributed by atoms with van der Waals surface area (Å²) < 4.78 is 28.3. The van der Waals surface area contributed by atoms with Crippen molar-refractivity contribution in [1.29, 1.82) is 0 Å². The van der Waals surface area contributed by atoms with Crippen molar-refractivity contribution in [2.75, 3.05) is 6.54 Å². The van der Waals surface area contributed by atoms with Gasteiger partial charge in [-0.3, -0.25) is 9.59 Å². The summed E-state index contributed by atoms with van der Waals surface area (Å²) in [7, 11) is 1.67. The normalized spacial score (nSPS) is 17.4. The molecule has 4 rings (SSSR count). The van der Waals surface area contributed by atoms with Crippen molar-refractivity contribution >= 4 is 5.91 Å². The molecule has 1 fully saturated rings. The van der Waals surface area contributed by atoms with Crippen LogP contribution in [0.3, 0.4) is 0 Å². The van der Waals surface area contributed by atoms with Crippen LogP contribution in [0.15, 0.2) is 47.4 Å². The van der Waals surface area contributed by atoms with Gasteiger partial charge in [-0.15, -0.1) is 0 Å². The quantitative estimate of drug-likeness (QED) is 0.364. The Kier molecular flexibility index (Phi) is 8.68. The zero-order valence-corrected chi connectivity index (χ0v) is 24.1. The number of nitrogens with one attached hydrogen (secondary N) is 1. The van der Waals surface area contributed by atoms with Crippen LogP contribution in [-0.4, -0.2) is 28.2 Å². The van der Waals surface area contributed by atoms with Crippen LogP contribution in [0.5, 0.6) is 17.2 Å². The van der Waals surface area contributed by atoms with Crippen molar-refractivity contribution in [1.82, 2.24) is 9.88 Å². The van der Waals surface area contributed by atoms with Crippen LogP contribution in [0, 0.1) is 25.6 Å². The van der Waals surface area contributed by atoms with Gasteiger partial charge in [-0.25, -0.2) is 4.39 Å². The van der Waals surface area contributed by atoms with Gasteiger partial charge < -0.3 is 24.5 Å². The number of benzene rings is 2. The third-order valence-corrected chi connectivity index (χ3v) is 7.49. The zero-order valence-electron chi connectivity index (χ0n) is 24.1. The molecule has 2 aromatic carbocycles. The monoisotopic (exact) mass is 550 g/mol. The van der Waals surface area contributed by atoms with E-state index in [0.29, 0.717) is 77.3 Å². The molecule has 1 aliphatic rings. The number of hydrogen-bond donors (Lipinski definition) is 2. The molecule has 2 N–H and O–H groups in total. The summed E-state index contributed by atoms with van der Waals surface area (Å²) >= 11 is 0. The molecule has 8 heteroatoms. The molecule has 214 valence electrons. The summed E-state index contributed by atoms with van der Waals surface area (Å²) in [6, 6.07) is 9.72. The molecule has 40 heavy (non-hydrogen) atoms. The van der Waals surface area contributed by atoms with E-state index in [1.807, 2.05) is 13.0 Å².